The molecule has 8 heteroatoms. The Bertz CT molecular complexity index is 462. The molecular formula is C20H41IN6O. The zero-order valence-corrected chi connectivity index (χ0v) is 20.5. The fourth-order valence-electron chi connectivity index (χ4n) is 3.84. The minimum absolute atomic E-state index is 0. The highest BCUT2D eigenvalue weighted by molar-refractivity contribution is 14.0. The van der Waals surface area contributed by atoms with Gasteiger partial charge in [0.2, 0.25) is 5.91 Å². The van der Waals surface area contributed by atoms with Gasteiger partial charge in [-0.25, -0.2) is 0 Å². The average molecular weight is 508 g/mol. The zero-order chi connectivity index (χ0) is 19.5. The topological polar surface area (TPSA) is 54.4 Å². The van der Waals surface area contributed by atoms with E-state index in [1.54, 1.807) is 0 Å². The van der Waals surface area contributed by atoms with E-state index in [-0.39, 0.29) is 24.0 Å². The van der Waals surface area contributed by atoms with Crippen molar-refractivity contribution in [2.24, 2.45) is 4.99 Å². The molecule has 0 bridgehead atoms. The summed E-state index contributed by atoms with van der Waals surface area (Å²) in [6, 6.07) is 0. The van der Waals surface area contributed by atoms with Crippen molar-refractivity contribution in [2.75, 3.05) is 78.5 Å². The first kappa shape index (κ1) is 25.4. The first-order valence-corrected chi connectivity index (χ1v) is 10.9. The van der Waals surface area contributed by atoms with E-state index < -0.39 is 0 Å². The third-order valence-electron chi connectivity index (χ3n) is 5.49. The van der Waals surface area contributed by atoms with E-state index >= 15 is 0 Å². The van der Waals surface area contributed by atoms with Crippen LogP contribution in [-0.2, 0) is 4.79 Å². The van der Waals surface area contributed by atoms with Crippen LogP contribution < -0.4 is 5.32 Å². The van der Waals surface area contributed by atoms with Gasteiger partial charge in [0.25, 0.3) is 0 Å². The number of guanidine groups is 1. The molecule has 2 rings (SSSR count). The molecule has 0 unspecified atom stereocenters. The molecule has 0 aromatic rings. The molecule has 1 N–H and O–H groups in total. The number of likely N-dealkylation sites (N-methyl/N-ethyl adjacent to an activating group) is 1. The largest absolute Gasteiger partial charge is 0.357 e. The Hall–Kier alpha value is -0.610. The Balaban J connectivity index is 0.00000392. The van der Waals surface area contributed by atoms with Gasteiger partial charge in [0.1, 0.15) is 0 Å². The van der Waals surface area contributed by atoms with Crippen molar-refractivity contribution in [3.63, 3.8) is 0 Å². The standard InChI is InChI=1S/C20H40N6O.HI/c1-4-10-23(6-3)13-9-22-20(21-5-2)26-16-14-24(15-17-26)18-19(27)25-11-7-8-12-25;/h4-18H2,1-3H3,(H,21,22);1H. The van der Waals surface area contributed by atoms with Crippen LogP contribution in [0.15, 0.2) is 4.99 Å². The lowest BCUT2D eigenvalue weighted by Gasteiger charge is -2.36. The van der Waals surface area contributed by atoms with Crippen LogP contribution >= 0.6 is 24.0 Å². The van der Waals surface area contributed by atoms with Gasteiger partial charge in [-0.3, -0.25) is 14.7 Å². The molecule has 2 saturated heterocycles. The Morgan fingerprint density at radius 2 is 1.64 bits per heavy atom. The monoisotopic (exact) mass is 508 g/mol. The predicted molar refractivity (Wildman–Crippen MR) is 128 cm³/mol. The highest BCUT2D eigenvalue weighted by Crippen LogP contribution is 2.09. The number of halogens is 1. The van der Waals surface area contributed by atoms with E-state index in [0.717, 1.165) is 90.8 Å². The Kier molecular flexibility index (Phi) is 13.1. The second-order valence-corrected chi connectivity index (χ2v) is 7.52. The Morgan fingerprint density at radius 3 is 2.21 bits per heavy atom. The van der Waals surface area contributed by atoms with Crippen molar-refractivity contribution in [3.05, 3.63) is 0 Å². The average Bonchev–Trinajstić information content (AvgIpc) is 3.22. The fourth-order valence-corrected chi connectivity index (χ4v) is 3.84. The first-order valence-electron chi connectivity index (χ1n) is 10.9. The Labute approximate surface area is 188 Å². The van der Waals surface area contributed by atoms with Crippen molar-refractivity contribution in [3.8, 4) is 0 Å². The number of hydrogen-bond acceptors (Lipinski definition) is 4. The molecular weight excluding hydrogens is 467 g/mol. The number of carbonyl (C=O) groups is 1. The van der Waals surface area contributed by atoms with Gasteiger partial charge in [-0.15, -0.1) is 24.0 Å². The summed E-state index contributed by atoms with van der Waals surface area (Å²) in [5, 5.41) is 3.44. The van der Waals surface area contributed by atoms with Crippen molar-refractivity contribution in [1.82, 2.24) is 24.9 Å². The van der Waals surface area contributed by atoms with E-state index in [2.05, 4.69) is 40.8 Å². The highest BCUT2D eigenvalue weighted by Gasteiger charge is 2.24. The normalized spacial score (nSPS) is 18.5. The first-order chi connectivity index (χ1) is 13.2. The number of likely N-dealkylation sites (tertiary alicyclic amines) is 1. The molecule has 2 heterocycles. The summed E-state index contributed by atoms with van der Waals surface area (Å²) in [7, 11) is 0. The maximum absolute atomic E-state index is 12.3. The van der Waals surface area contributed by atoms with Gasteiger partial charge < -0.3 is 20.0 Å². The van der Waals surface area contributed by atoms with Gasteiger partial charge in [-0.05, 0) is 39.3 Å². The van der Waals surface area contributed by atoms with E-state index in [9.17, 15) is 4.79 Å². The third-order valence-corrected chi connectivity index (χ3v) is 5.49. The van der Waals surface area contributed by atoms with E-state index in [4.69, 9.17) is 4.99 Å². The lowest BCUT2D eigenvalue weighted by atomic mass is 10.3. The fraction of sp³-hybridized carbons (Fsp3) is 0.900. The predicted octanol–water partition coefficient (Wildman–Crippen LogP) is 1.54. The summed E-state index contributed by atoms with van der Waals surface area (Å²) >= 11 is 0. The van der Waals surface area contributed by atoms with E-state index in [1.165, 1.54) is 6.42 Å². The minimum Gasteiger partial charge on any atom is -0.357 e. The minimum atomic E-state index is 0. The van der Waals surface area contributed by atoms with Crippen molar-refractivity contribution in [2.45, 2.75) is 40.0 Å². The maximum Gasteiger partial charge on any atom is 0.236 e. The number of piperazine rings is 1. The summed E-state index contributed by atoms with van der Waals surface area (Å²) in [6.45, 7) is 17.7. The molecule has 0 saturated carbocycles. The quantitative estimate of drug-likeness (QED) is 0.291. The second kappa shape index (κ2) is 14.4. The molecule has 164 valence electrons. The van der Waals surface area contributed by atoms with Crippen LogP contribution in [0.1, 0.15) is 40.0 Å². The molecule has 1 amide bonds. The number of nitrogens with one attached hydrogen (secondary N) is 1. The molecule has 0 aliphatic carbocycles. The van der Waals surface area contributed by atoms with Crippen LogP contribution in [0.5, 0.6) is 0 Å². The van der Waals surface area contributed by atoms with Gasteiger partial charge >= 0.3 is 0 Å². The molecule has 0 radical (unpaired) electrons. The summed E-state index contributed by atoms with van der Waals surface area (Å²) in [6.07, 6.45) is 3.52. The molecule has 0 aromatic heterocycles. The maximum atomic E-state index is 12.3. The van der Waals surface area contributed by atoms with Gasteiger partial charge in [0, 0.05) is 52.4 Å². The molecule has 2 aliphatic rings. The van der Waals surface area contributed by atoms with Crippen molar-refractivity contribution in [1.29, 1.82) is 0 Å². The molecule has 0 aromatic carbocycles. The number of hydrogen-bond donors (Lipinski definition) is 1. The SMILES string of the molecule is CCCN(CC)CCN=C(NCC)N1CCN(CC(=O)N2CCCC2)CC1.I. The Morgan fingerprint density at radius 1 is 0.964 bits per heavy atom. The lowest BCUT2D eigenvalue weighted by molar-refractivity contribution is -0.131. The number of nitrogens with zero attached hydrogens (tertiary/aromatic N) is 5. The summed E-state index contributed by atoms with van der Waals surface area (Å²) in [5.74, 6) is 1.33. The third kappa shape index (κ3) is 8.41. The molecule has 0 atom stereocenters. The second-order valence-electron chi connectivity index (χ2n) is 7.52. The van der Waals surface area contributed by atoms with Crippen LogP contribution in [0.3, 0.4) is 0 Å². The number of aliphatic imine (C=N–C) groups is 1. The van der Waals surface area contributed by atoms with Gasteiger partial charge in [0.05, 0.1) is 13.1 Å². The number of carbonyl (C=O) groups excluding carboxylic acids is 1. The van der Waals surface area contributed by atoms with Crippen LogP contribution in [0.25, 0.3) is 0 Å². The summed E-state index contributed by atoms with van der Waals surface area (Å²) < 4.78 is 0. The van der Waals surface area contributed by atoms with Crippen LogP contribution in [0.2, 0.25) is 0 Å². The molecule has 7 nitrogen and oxygen atoms in total. The summed E-state index contributed by atoms with van der Waals surface area (Å²) in [5.41, 5.74) is 0. The van der Waals surface area contributed by atoms with Gasteiger partial charge in [-0.1, -0.05) is 13.8 Å². The lowest BCUT2D eigenvalue weighted by Crippen LogP contribution is -2.54. The van der Waals surface area contributed by atoms with Crippen molar-refractivity contribution >= 4 is 35.8 Å². The highest BCUT2D eigenvalue weighted by atomic mass is 127. The van der Waals surface area contributed by atoms with Gasteiger partial charge in [-0.2, -0.15) is 0 Å². The van der Waals surface area contributed by atoms with E-state index in [0.29, 0.717) is 12.5 Å². The van der Waals surface area contributed by atoms with Crippen LogP contribution in [0, 0.1) is 0 Å². The molecule has 28 heavy (non-hydrogen) atoms. The summed E-state index contributed by atoms with van der Waals surface area (Å²) in [4.78, 5) is 26.3. The van der Waals surface area contributed by atoms with E-state index in [1.807, 2.05) is 4.90 Å². The molecule has 2 aliphatic heterocycles. The van der Waals surface area contributed by atoms with Crippen LogP contribution in [-0.4, -0.2) is 110 Å². The van der Waals surface area contributed by atoms with Crippen LogP contribution in [0.4, 0.5) is 0 Å². The van der Waals surface area contributed by atoms with Crippen molar-refractivity contribution < 1.29 is 4.79 Å². The smallest absolute Gasteiger partial charge is 0.236 e. The number of rotatable bonds is 9. The molecule has 2 fully saturated rings. The number of amides is 1. The zero-order valence-electron chi connectivity index (χ0n) is 18.2. The van der Waals surface area contributed by atoms with Gasteiger partial charge in [0.15, 0.2) is 5.96 Å². The molecule has 0 spiro atoms.